The lowest BCUT2D eigenvalue weighted by molar-refractivity contribution is 0.111. The molecule has 5 nitrogen and oxygen atoms in total. The van der Waals surface area contributed by atoms with E-state index in [-0.39, 0.29) is 17.0 Å². The van der Waals surface area contributed by atoms with Gasteiger partial charge in [-0.2, -0.15) is 0 Å². The Morgan fingerprint density at radius 1 is 1.43 bits per heavy atom. The Morgan fingerprint density at radius 2 is 2.21 bits per heavy atom. The molecule has 1 heterocycles. The standard InChI is InChI=1S/C9H6N2O3/c12-4-8-10-7-2-1-5(13)3-6(7)9(14)11-8/h1-4,13H,(H,10,11,14). The largest absolute Gasteiger partial charge is 0.508 e. The summed E-state index contributed by atoms with van der Waals surface area (Å²) in [6.45, 7) is 0. The fraction of sp³-hybridized carbons (Fsp3) is 0. The number of H-pyrrole nitrogens is 1. The van der Waals surface area contributed by atoms with Gasteiger partial charge in [0.2, 0.25) is 0 Å². The van der Waals surface area contributed by atoms with E-state index < -0.39 is 5.56 Å². The van der Waals surface area contributed by atoms with Crippen molar-refractivity contribution in [2.45, 2.75) is 0 Å². The number of benzene rings is 1. The summed E-state index contributed by atoms with van der Waals surface area (Å²) >= 11 is 0. The molecule has 0 saturated heterocycles. The zero-order valence-electron chi connectivity index (χ0n) is 7.02. The van der Waals surface area contributed by atoms with Gasteiger partial charge in [0.1, 0.15) is 5.75 Å². The van der Waals surface area contributed by atoms with Crippen molar-refractivity contribution in [1.82, 2.24) is 9.97 Å². The summed E-state index contributed by atoms with van der Waals surface area (Å²) in [6, 6.07) is 4.19. The maximum absolute atomic E-state index is 11.3. The van der Waals surface area contributed by atoms with Crippen molar-refractivity contribution in [2.75, 3.05) is 0 Å². The summed E-state index contributed by atoms with van der Waals surface area (Å²) in [5, 5.41) is 9.39. The molecule has 2 aromatic rings. The number of aromatic amines is 1. The minimum atomic E-state index is -0.437. The first-order chi connectivity index (χ1) is 6.70. The first-order valence-corrected chi connectivity index (χ1v) is 3.89. The molecule has 0 atom stereocenters. The highest BCUT2D eigenvalue weighted by atomic mass is 16.3. The second-order valence-corrected chi connectivity index (χ2v) is 2.77. The maximum Gasteiger partial charge on any atom is 0.259 e. The van der Waals surface area contributed by atoms with E-state index in [4.69, 9.17) is 5.11 Å². The molecule has 14 heavy (non-hydrogen) atoms. The zero-order valence-corrected chi connectivity index (χ0v) is 7.02. The number of aromatic hydroxyl groups is 1. The van der Waals surface area contributed by atoms with Gasteiger partial charge >= 0.3 is 0 Å². The maximum atomic E-state index is 11.3. The minimum Gasteiger partial charge on any atom is -0.508 e. The Bertz CT molecular complexity index is 559. The van der Waals surface area contributed by atoms with Crippen LogP contribution >= 0.6 is 0 Å². The number of rotatable bonds is 1. The van der Waals surface area contributed by atoms with E-state index in [2.05, 4.69) is 9.97 Å². The van der Waals surface area contributed by atoms with Crippen molar-refractivity contribution < 1.29 is 9.90 Å². The van der Waals surface area contributed by atoms with Crippen molar-refractivity contribution in [3.8, 4) is 5.75 Å². The highest BCUT2D eigenvalue weighted by Crippen LogP contribution is 2.14. The summed E-state index contributed by atoms with van der Waals surface area (Å²) in [4.78, 5) is 27.9. The molecule has 0 fully saturated rings. The Balaban J connectivity index is 2.90. The number of phenolic OH excluding ortho intramolecular Hbond substituents is 1. The Kier molecular flexibility index (Phi) is 1.78. The predicted molar refractivity (Wildman–Crippen MR) is 49.4 cm³/mol. The average Bonchev–Trinajstić information content (AvgIpc) is 2.19. The molecule has 0 bridgehead atoms. The van der Waals surface area contributed by atoms with Crippen LogP contribution < -0.4 is 5.56 Å². The van der Waals surface area contributed by atoms with Gasteiger partial charge in [0.15, 0.2) is 12.1 Å². The summed E-state index contributed by atoms with van der Waals surface area (Å²) in [5.74, 6) is -0.0307. The van der Waals surface area contributed by atoms with Crippen LogP contribution in [0.5, 0.6) is 5.75 Å². The van der Waals surface area contributed by atoms with Gasteiger partial charge in [0, 0.05) is 0 Å². The SMILES string of the molecule is O=Cc1nc2ccc(O)cc2c(=O)[nH]1. The van der Waals surface area contributed by atoms with Crippen LogP contribution in [0.15, 0.2) is 23.0 Å². The number of nitrogens with one attached hydrogen (secondary N) is 1. The van der Waals surface area contributed by atoms with E-state index in [1.54, 1.807) is 0 Å². The molecule has 0 aliphatic carbocycles. The molecular formula is C9H6N2O3. The number of carbonyl (C=O) groups is 1. The molecule has 2 N–H and O–H groups in total. The summed E-state index contributed by atoms with van der Waals surface area (Å²) in [7, 11) is 0. The normalized spacial score (nSPS) is 10.3. The molecule has 2 rings (SSSR count). The Hall–Kier alpha value is -2.17. The molecule has 0 saturated carbocycles. The van der Waals surface area contributed by atoms with Crippen LogP contribution in [0.3, 0.4) is 0 Å². The van der Waals surface area contributed by atoms with Gasteiger partial charge < -0.3 is 10.1 Å². The number of aldehydes is 1. The highest BCUT2D eigenvalue weighted by molar-refractivity contribution is 5.81. The van der Waals surface area contributed by atoms with Crippen molar-refractivity contribution in [3.05, 3.63) is 34.4 Å². The number of hydrogen-bond acceptors (Lipinski definition) is 4. The van der Waals surface area contributed by atoms with Crippen LogP contribution in [0.4, 0.5) is 0 Å². The predicted octanol–water partition coefficient (Wildman–Crippen LogP) is 0.441. The summed E-state index contributed by atoms with van der Waals surface area (Å²) in [5.41, 5.74) is -0.0540. The quantitative estimate of drug-likeness (QED) is 0.639. The molecular weight excluding hydrogens is 184 g/mol. The number of hydrogen-bond donors (Lipinski definition) is 2. The van der Waals surface area contributed by atoms with Gasteiger partial charge in [0.25, 0.3) is 5.56 Å². The molecule has 0 unspecified atom stereocenters. The van der Waals surface area contributed by atoms with Crippen molar-refractivity contribution >= 4 is 17.2 Å². The van der Waals surface area contributed by atoms with Crippen LogP contribution in [-0.4, -0.2) is 21.4 Å². The van der Waals surface area contributed by atoms with E-state index in [1.165, 1.54) is 18.2 Å². The van der Waals surface area contributed by atoms with Crippen LogP contribution in [-0.2, 0) is 0 Å². The fourth-order valence-electron chi connectivity index (χ4n) is 1.20. The second kappa shape index (κ2) is 2.95. The lowest BCUT2D eigenvalue weighted by Gasteiger charge is -1.97. The molecule has 0 radical (unpaired) electrons. The number of nitrogens with zero attached hydrogens (tertiary/aromatic N) is 1. The number of carbonyl (C=O) groups excluding carboxylic acids is 1. The van der Waals surface area contributed by atoms with Gasteiger partial charge in [0.05, 0.1) is 10.9 Å². The third kappa shape index (κ3) is 1.24. The Labute approximate surface area is 78.0 Å². The molecule has 0 spiro atoms. The molecule has 1 aromatic carbocycles. The second-order valence-electron chi connectivity index (χ2n) is 2.77. The number of aromatic nitrogens is 2. The molecule has 0 aliphatic rings. The van der Waals surface area contributed by atoms with Gasteiger partial charge in [-0.15, -0.1) is 0 Å². The lowest BCUT2D eigenvalue weighted by Crippen LogP contribution is -2.11. The van der Waals surface area contributed by atoms with Crippen LogP contribution in [0.1, 0.15) is 10.6 Å². The molecule has 0 aliphatic heterocycles. The Morgan fingerprint density at radius 3 is 2.93 bits per heavy atom. The third-order valence-electron chi connectivity index (χ3n) is 1.82. The monoisotopic (exact) mass is 190 g/mol. The minimum absolute atomic E-state index is 0.0105. The molecule has 1 aromatic heterocycles. The van der Waals surface area contributed by atoms with Crippen LogP contribution in [0.2, 0.25) is 0 Å². The zero-order chi connectivity index (χ0) is 10.1. The van der Waals surface area contributed by atoms with E-state index in [0.29, 0.717) is 11.8 Å². The molecule has 5 heteroatoms. The smallest absolute Gasteiger partial charge is 0.259 e. The van der Waals surface area contributed by atoms with Crippen LogP contribution in [0, 0.1) is 0 Å². The fourth-order valence-corrected chi connectivity index (χ4v) is 1.20. The number of phenols is 1. The van der Waals surface area contributed by atoms with Gasteiger partial charge in [-0.1, -0.05) is 0 Å². The summed E-state index contributed by atoms with van der Waals surface area (Å²) < 4.78 is 0. The third-order valence-corrected chi connectivity index (χ3v) is 1.82. The molecule has 70 valence electrons. The topological polar surface area (TPSA) is 83.0 Å². The van der Waals surface area contributed by atoms with E-state index >= 15 is 0 Å². The van der Waals surface area contributed by atoms with Crippen molar-refractivity contribution in [1.29, 1.82) is 0 Å². The van der Waals surface area contributed by atoms with E-state index in [0.717, 1.165) is 0 Å². The first-order valence-electron chi connectivity index (χ1n) is 3.89. The van der Waals surface area contributed by atoms with E-state index in [1.807, 2.05) is 0 Å². The van der Waals surface area contributed by atoms with Crippen molar-refractivity contribution in [3.63, 3.8) is 0 Å². The molecule has 0 amide bonds. The van der Waals surface area contributed by atoms with Crippen molar-refractivity contribution in [2.24, 2.45) is 0 Å². The summed E-state index contributed by atoms with van der Waals surface area (Å²) in [6.07, 6.45) is 0.466. The van der Waals surface area contributed by atoms with Gasteiger partial charge in [-0.05, 0) is 18.2 Å². The highest BCUT2D eigenvalue weighted by Gasteiger charge is 2.03. The average molecular weight is 190 g/mol. The van der Waals surface area contributed by atoms with Gasteiger partial charge in [-0.25, -0.2) is 4.98 Å². The first kappa shape index (κ1) is 8.43. The lowest BCUT2D eigenvalue weighted by atomic mass is 10.2. The van der Waals surface area contributed by atoms with Crippen LogP contribution in [0.25, 0.3) is 10.9 Å². The number of fused-ring (bicyclic) bond motifs is 1. The van der Waals surface area contributed by atoms with Gasteiger partial charge in [-0.3, -0.25) is 9.59 Å². The van der Waals surface area contributed by atoms with E-state index in [9.17, 15) is 9.59 Å².